The van der Waals surface area contributed by atoms with Crippen LogP contribution >= 0.6 is 27.5 Å². The van der Waals surface area contributed by atoms with Crippen LogP contribution < -0.4 is 5.32 Å². The number of ether oxygens (including phenoxy) is 1. The summed E-state index contributed by atoms with van der Waals surface area (Å²) < 4.78 is 12.4. The number of carbonyl (C=O) groups excluding carboxylic acids is 1. The van der Waals surface area contributed by atoms with Gasteiger partial charge in [-0.1, -0.05) is 51.8 Å². The van der Waals surface area contributed by atoms with Crippen molar-refractivity contribution in [3.05, 3.63) is 68.8 Å². The van der Waals surface area contributed by atoms with Crippen molar-refractivity contribution in [3.8, 4) is 0 Å². The zero-order valence-corrected chi connectivity index (χ0v) is 17.2. The predicted octanol–water partition coefficient (Wildman–Crippen LogP) is 5.59. The zero-order valence-electron chi connectivity index (χ0n) is 14.9. The first-order valence-corrected chi connectivity index (χ1v) is 10.0. The van der Waals surface area contributed by atoms with Crippen LogP contribution in [0.5, 0.6) is 0 Å². The molecule has 0 spiro atoms. The highest BCUT2D eigenvalue weighted by Gasteiger charge is 2.37. The van der Waals surface area contributed by atoms with Gasteiger partial charge in [0.2, 0.25) is 0 Å². The molecule has 27 heavy (non-hydrogen) atoms. The van der Waals surface area contributed by atoms with Crippen LogP contribution in [-0.2, 0) is 10.3 Å². The second kappa shape index (κ2) is 7.30. The van der Waals surface area contributed by atoms with E-state index in [0.717, 1.165) is 21.0 Å². The van der Waals surface area contributed by atoms with E-state index >= 15 is 0 Å². The number of rotatable bonds is 3. The molecule has 0 radical (unpaired) electrons. The minimum Gasteiger partial charge on any atom is -0.449 e. The highest BCUT2D eigenvalue weighted by atomic mass is 79.9. The van der Waals surface area contributed by atoms with Crippen molar-refractivity contribution in [3.63, 3.8) is 0 Å². The van der Waals surface area contributed by atoms with Crippen LogP contribution in [0.3, 0.4) is 0 Å². The van der Waals surface area contributed by atoms with Gasteiger partial charge in [0.15, 0.2) is 11.3 Å². The lowest BCUT2D eigenvalue weighted by Crippen LogP contribution is -2.49. The molecule has 1 aliphatic heterocycles. The SMILES string of the molecule is Cc1c(C(=O)NC2(c3ccc(Br)cc3)CCOCC2)oc2c(Cl)cccc12. The molecule has 1 fully saturated rings. The molecule has 2 heterocycles. The van der Waals surface area contributed by atoms with Crippen LogP contribution in [0.1, 0.15) is 34.5 Å². The zero-order chi connectivity index (χ0) is 19.0. The number of fused-ring (bicyclic) bond motifs is 1. The molecule has 1 saturated heterocycles. The van der Waals surface area contributed by atoms with E-state index < -0.39 is 5.54 Å². The van der Waals surface area contributed by atoms with E-state index in [1.807, 2.05) is 43.3 Å². The van der Waals surface area contributed by atoms with Gasteiger partial charge in [-0.2, -0.15) is 0 Å². The maximum absolute atomic E-state index is 13.2. The fourth-order valence-electron chi connectivity index (χ4n) is 3.67. The summed E-state index contributed by atoms with van der Waals surface area (Å²) in [5.41, 5.74) is 1.93. The number of furan rings is 1. The minimum absolute atomic E-state index is 0.232. The Hall–Kier alpha value is -1.82. The van der Waals surface area contributed by atoms with Crippen molar-refractivity contribution in [1.29, 1.82) is 0 Å². The molecule has 0 bridgehead atoms. The molecule has 0 aliphatic carbocycles. The van der Waals surface area contributed by atoms with Gasteiger partial charge in [0.05, 0.1) is 10.6 Å². The largest absolute Gasteiger partial charge is 0.449 e. The normalized spacial score (nSPS) is 16.4. The molecule has 6 heteroatoms. The molecule has 1 N–H and O–H groups in total. The number of aryl methyl sites for hydroxylation is 1. The minimum atomic E-state index is -0.481. The summed E-state index contributed by atoms with van der Waals surface area (Å²) in [6.07, 6.45) is 1.42. The van der Waals surface area contributed by atoms with Crippen LogP contribution in [0, 0.1) is 6.92 Å². The third-order valence-corrected chi connectivity index (χ3v) is 6.04. The summed E-state index contributed by atoms with van der Waals surface area (Å²) in [6, 6.07) is 13.6. The number of benzene rings is 2. The molecule has 0 saturated carbocycles. The molecule has 1 aliphatic rings. The number of amides is 1. The second-order valence-corrected chi connectivity index (χ2v) is 8.15. The van der Waals surface area contributed by atoms with E-state index in [1.54, 1.807) is 6.07 Å². The average molecular weight is 449 g/mol. The van der Waals surface area contributed by atoms with Crippen LogP contribution in [0.25, 0.3) is 11.0 Å². The van der Waals surface area contributed by atoms with Gasteiger partial charge < -0.3 is 14.5 Å². The molecule has 2 aromatic carbocycles. The second-order valence-electron chi connectivity index (χ2n) is 6.83. The smallest absolute Gasteiger partial charge is 0.288 e. The molecular formula is C21H19BrClNO3. The van der Waals surface area contributed by atoms with Crippen LogP contribution in [0.4, 0.5) is 0 Å². The maximum atomic E-state index is 13.2. The maximum Gasteiger partial charge on any atom is 0.288 e. The Labute approximate surface area is 171 Å². The Morgan fingerprint density at radius 3 is 2.52 bits per heavy atom. The van der Waals surface area contributed by atoms with Crippen molar-refractivity contribution >= 4 is 44.4 Å². The van der Waals surface area contributed by atoms with Gasteiger partial charge >= 0.3 is 0 Å². The van der Waals surface area contributed by atoms with Gasteiger partial charge in [0.1, 0.15) is 0 Å². The molecule has 3 aromatic rings. The topological polar surface area (TPSA) is 51.5 Å². The van der Waals surface area contributed by atoms with Gasteiger partial charge in [-0.05, 0) is 43.5 Å². The molecule has 0 unspecified atom stereocenters. The molecular weight excluding hydrogens is 430 g/mol. The summed E-state index contributed by atoms with van der Waals surface area (Å²) in [4.78, 5) is 13.2. The molecule has 0 atom stereocenters. The number of hydrogen-bond acceptors (Lipinski definition) is 3. The highest BCUT2D eigenvalue weighted by molar-refractivity contribution is 9.10. The van der Waals surface area contributed by atoms with Crippen molar-refractivity contribution in [1.82, 2.24) is 5.32 Å². The molecule has 4 nitrogen and oxygen atoms in total. The summed E-state index contributed by atoms with van der Waals surface area (Å²) >= 11 is 9.70. The predicted molar refractivity (Wildman–Crippen MR) is 109 cm³/mol. The van der Waals surface area contributed by atoms with E-state index in [2.05, 4.69) is 21.2 Å². The van der Waals surface area contributed by atoms with Gasteiger partial charge in [-0.3, -0.25) is 4.79 Å². The lowest BCUT2D eigenvalue weighted by atomic mass is 9.82. The first-order chi connectivity index (χ1) is 13.0. The van der Waals surface area contributed by atoms with Crippen LogP contribution in [0.2, 0.25) is 5.02 Å². The lowest BCUT2D eigenvalue weighted by molar-refractivity contribution is 0.0338. The van der Waals surface area contributed by atoms with Crippen LogP contribution in [0.15, 0.2) is 51.4 Å². The third kappa shape index (κ3) is 3.40. The third-order valence-electron chi connectivity index (χ3n) is 5.22. The Kier molecular flexibility index (Phi) is 5.01. The van der Waals surface area contributed by atoms with E-state index in [-0.39, 0.29) is 5.91 Å². The quantitative estimate of drug-likeness (QED) is 0.568. The van der Waals surface area contributed by atoms with Crippen molar-refractivity contribution in [2.24, 2.45) is 0 Å². The number of nitrogens with one attached hydrogen (secondary N) is 1. The van der Waals surface area contributed by atoms with E-state index in [1.165, 1.54) is 0 Å². The van der Waals surface area contributed by atoms with Crippen molar-refractivity contribution < 1.29 is 13.9 Å². The van der Waals surface area contributed by atoms with Crippen LogP contribution in [-0.4, -0.2) is 19.1 Å². The van der Waals surface area contributed by atoms with Gasteiger partial charge in [0, 0.05) is 28.6 Å². The van der Waals surface area contributed by atoms with Crippen molar-refractivity contribution in [2.45, 2.75) is 25.3 Å². The number of carbonyl (C=O) groups is 1. The monoisotopic (exact) mass is 447 g/mol. The Morgan fingerprint density at radius 1 is 1.15 bits per heavy atom. The Bertz CT molecular complexity index is 991. The standard InChI is InChI=1S/C21H19BrClNO3/c1-13-16-3-2-4-17(23)19(16)27-18(13)20(25)24-21(9-11-26-12-10-21)14-5-7-15(22)8-6-14/h2-8H,9-12H2,1H3,(H,24,25). The Morgan fingerprint density at radius 2 is 1.85 bits per heavy atom. The fraction of sp³-hybridized carbons (Fsp3) is 0.286. The van der Waals surface area contributed by atoms with E-state index in [9.17, 15) is 4.79 Å². The summed E-state index contributed by atoms with van der Waals surface area (Å²) in [5.74, 6) is 0.0747. The van der Waals surface area contributed by atoms with Crippen molar-refractivity contribution in [2.75, 3.05) is 13.2 Å². The number of para-hydroxylation sites is 1. The summed E-state index contributed by atoms with van der Waals surface area (Å²) in [7, 11) is 0. The molecule has 140 valence electrons. The molecule has 1 aromatic heterocycles. The summed E-state index contributed by atoms with van der Waals surface area (Å²) in [6.45, 7) is 3.08. The highest BCUT2D eigenvalue weighted by Crippen LogP contribution is 2.35. The van der Waals surface area contributed by atoms with E-state index in [4.69, 9.17) is 20.8 Å². The first-order valence-electron chi connectivity index (χ1n) is 8.84. The molecule has 1 amide bonds. The summed E-state index contributed by atoms with van der Waals surface area (Å²) in [5, 5.41) is 4.60. The Balaban J connectivity index is 1.71. The van der Waals surface area contributed by atoms with Gasteiger partial charge in [0.25, 0.3) is 5.91 Å². The average Bonchev–Trinajstić information content (AvgIpc) is 3.01. The lowest BCUT2D eigenvalue weighted by Gasteiger charge is -2.38. The molecule has 4 rings (SSSR count). The van der Waals surface area contributed by atoms with E-state index in [0.29, 0.717) is 42.4 Å². The fourth-order valence-corrected chi connectivity index (χ4v) is 4.15. The van der Waals surface area contributed by atoms with Gasteiger partial charge in [-0.25, -0.2) is 0 Å². The number of halogens is 2. The number of hydrogen-bond donors (Lipinski definition) is 1. The van der Waals surface area contributed by atoms with Gasteiger partial charge in [-0.15, -0.1) is 0 Å². The first kappa shape index (κ1) is 18.5.